The van der Waals surface area contributed by atoms with Gasteiger partial charge in [0, 0.05) is 30.1 Å². The van der Waals surface area contributed by atoms with Crippen LogP contribution in [-0.4, -0.2) is 16.7 Å². The maximum absolute atomic E-state index is 5.24. The Labute approximate surface area is 93.3 Å². The molecule has 2 heterocycles. The first-order chi connectivity index (χ1) is 7.81. The molecule has 0 fully saturated rings. The summed E-state index contributed by atoms with van der Waals surface area (Å²) in [5.41, 5.74) is 2.31. The monoisotopic (exact) mass is 212 g/mol. The van der Waals surface area contributed by atoms with Gasteiger partial charge in [-0.25, -0.2) is 0 Å². The molecule has 1 aromatic carbocycles. The highest BCUT2D eigenvalue weighted by atomic mass is 16.5. The van der Waals surface area contributed by atoms with Gasteiger partial charge in [0.25, 0.3) is 0 Å². The summed E-state index contributed by atoms with van der Waals surface area (Å²) in [6, 6.07) is 8.18. The Hall–Kier alpha value is -2.03. The van der Waals surface area contributed by atoms with Gasteiger partial charge in [-0.3, -0.25) is 4.98 Å². The highest BCUT2D eigenvalue weighted by Crippen LogP contribution is 2.29. The fraction of sp³-hybridized carbons (Fsp3) is 0.154. The van der Waals surface area contributed by atoms with Crippen LogP contribution in [-0.2, 0) is 7.05 Å². The first kappa shape index (κ1) is 9.21. The number of methoxy groups -OCH3 is 1. The second-order valence-corrected chi connectivity index (χ2v) is 3.83. The first-order valence-corrected chi connectivity index (χ1v) is 5.17. The number of ether oxygens (including phenoxy) is 1. The molecule has 3 aromatic rings. The molecule has 16 heavy (non-hydrogen) atoms. The number of fused-ring (bicyclic) bond motifs is 3. The van der Waals surface area contributed by atoms with Crippen molar-refractivity contribution < 1.29 is 4.74 Å². The summed E-state index contributed by atoms with van der Waals surface area (Å²) in [4.78, 5) is 4.16. The van der Waals surface area contributed by atoms with Crippen LogP contribution in [0.3, 0.4) is 0 Å². The van der Waals surface area contributed by atoms with Crippen molar-refractivity contribution >= 4 is 21.8 Å². The van der Waals surface area contributed by atoms with Crippen molar-refractivity contribution in [1.82, 2.24) is 9.55 Å². The van der Waals surface area contributed by atoms with Crippen molar-refractivity contribution in [1.29, 1.82) is 0 Å². The van der Waals surface area contributed by atoms with Gasteiger partial charge < -0.3 is 9.30 Å². The number of nitrogens with zero attached hydrogens (tertiary/aromatic N) is 2. The molecule has 3 rings (SSSR count). The van der Waals surface area contributed by atoms with Gasteiger partial charge in [0.05, 0.1) is 24.3 Å². The second kappa shape index (κ2) is 3.23. The van der Waals surface area contributed by atoms with E-state index in [2.05, 4.69) is 21.7 Å². The summed E-state index contributed by atoms with van der Waals surface area (Å²) in [5, 5.41) is 2.47. The van der Waals surface area contributed by atoms with E-state index < -0.39 is 0 Å². The van der Waals surface area contributed by atoms with Crippen molar-refractivity contribution in [3.05, 3.63) is 36.7 Å². The van der Waals surface area contributed by atoms with Crippen LogP contribution in [0.1, 0.15) is 0 Å². The van der Waals surface area contributed by atoms with Gasteiger partial charge in [0.15, 0.2) is 0 Å². The lowest BCUT2D eigenvalue weighted by Gasteiger charge is -2.01. The predicted octanol–water partition coefficient (Wildman–Crippen LogP) is 2.74. The average molecular weight is 212 g/mol. The highest BCUT2D eigenvalue weighted by molar-refractivity contribution is 6.07. The minimum atomic E-state index is 0.881. The molecule has 3 nitrogen and oxygen atoms in total. The predicted molar refractivity (Wildman–Crippen MR) is 64.8 cm³/mol. The van der Waals surface area contributed by atoms with E-state index in [1.807, 2.05) is 31.6 Å². The highest BCUT2D eigenvalue weighted by Gasteiger charge is 2.08. The molecule has 80 valence electrons. The van der Waals surface area contributed by atoms with Crippen molar-refractivity contribution in [2.45, 2.75) is 0 Å². The molecule has 0 saturated carbocycles. The van der Waals surface area contributed by atoms with Crippen LogP contribution in [0.5, 0.6) is 5.75 Å². The third-order valence-electron chi connectivity index (χ3n) is 3.02. The number of hydrogen-bond donors (Lipinski definition) is 0. The molecule has 0 unspecified atom stereocenters. The van der Waals surface area contributed by atoms with Gasteiger partial charge in [-0.15, -0.1) is 0 Å². The average Bonchev–Trinajstić information content (AvgIpc) is 2.64. The van der Waals surface area contributed by atoms with Gasteiger partial charge in [0.2, 0.25) is 0 Å². The summed E-state index contributed by atoms with van der Waals surface area (Å²) in [7, 11) is 3.73. The zero-order chi connectivity index (χ0) is 11.1. The Balaban J connectivity index is 2.51. The van der Waals surface area contributed by atoms with Crippen LogP contribution in [0.25, 0.3) is 21.8 Å². The minimum Gasteiger partial charge on any atom is -0.497 e. The Bertz CT molecular complexity index is 670. The van der Waals surface area contributed by atoms with Crippen molar-refractivity contribution in [3.63, 3.8) is 0 Å². The molecule has 0 amide bonds. The number of hydrogen-bond acceptors (Lipinski definition) is 2. The third-order valence-corrected chi connectivity index (χ3v) is 3.02. The van der Waals surface area contributed by atoms with Crippen molar-refractivity contribution in [2.24, 2.45) is 7.05 Å². The Kier molecular flexibility index (Phi) is 1.86. The van der Waals surface area contributed by atoms with E-state index in [0.717, 1.165) is 11.3 Å². The molecular weight excluding hydrogens is 200 g/mol. The number of benzene rings is 1. The molecule has 0 aliphatic carbocycles. The van der Waals surface area contributed by atoms with E-state index in [0.29, 0.717) is 0 Å². The smallest absolute Gasteiger partial charge is 0.120 e. The molecule has 0 N–H and O–H groups in total. The number of aryl methyl sites for hydroxylation is 1. The molecule has 0 aliphatic rings. The standard InChI is InChI=1S/C13H12N2O/c1-15-12-7-9(16-2)3-4-10(12)11-5-6-14-8-13(11)15/h3-8H,1-2H3. The lowest BCUT2D eigenvalue weighted by molar-refractivity contribution is 0.415. The molecule has 0 atom stereocenters. The van der Waals surface area contributed by atoms with Gasteiger partial charge >= 0.3 is 0 Å². The summed E-state index contributed by atoms with van der Waals surface area (Å²) in [5.74, 6) is 0.881. The maximum atomic E-state index is 5.24. The maximum Gasteiger partial charge on any atom is 0.120 e. The van der Waals surface area contributed by atoms with Crippen LogP contribution >= 0.6 is 0 Å². The molecule has 3 heteroatoms. The van der Waals surface area contributed by atoms with Gasteiger partial charge in [-0.2, -0.15) is 0 Å². The van der Waals surface area contributed by atoms with E-state index in [-0.39, 0.29) is 0 Å². The van der Waals surface area contributed by atoms with Gasteiger partial charge in [-0.05, 0) is 18.2 Å². The summed E-state index contributed by atoms with van der Waals surface area (Å²) in [6.45, 7) is 0. The largest absolute Gasteiger partial charge is 0.497 e. The SMILES string of the molecule is COc1ccc2c3ccncc3n(C)c2c1. The lowest BCUT2D eigenvalue weighted by atomic mass is 10.2. The van der Waals surface area contributed by atoms with Crippen LogP contribution in [0.4, 0.5) is 0 Å². The summed E-state index contributed by atoms with van der Waals surface area (Å²) >= 11 is 0. The summed E-state index contributed by atoms with van der Waals surface area (Å²) in [6.07, 6.45) is 3.72. The Morgan fingerprint density at radius 3 is 2.75 bits per heavy atom. The number of rotatable bonds is 1. The first-order valence-electron chi connectivity index (χ1n) is 5.17. The fourth-order valence-electron chi connectivity index (χ4n) is 2.15. The third kappa shape index (κ3) is 1.11. The Morgan fingerprint density at radius 2 is 1.94 bits per heavy atom. The molecule has 0 radical (unpaired) electrons. The zero-order valence-corrected chi connectivity index (χ0v) is 9.27. The quantitative estimate of drug-likeness (QED) is 0.620. The van der Waals surface area contributed by atoms with Gasteiger partial charge in [-0.1, -0.05) is 0 Å². The van der Waals surface area contributed by atoms with Crippen molar-refractivity contribution in [2.75, 3.05) is 7.11 Å². The van der Waals surface area contributed by atoms with E-state index in [9.17, 15) is 0 Å². The van der Waals surface area contributed by atoms with E-state index >= 15 is 0 Å². The van der Waals surface area contributed by atoms with Crippen LogP contribution in [0, 0.1) is 0 Å². The van der Waals surface area contributed by atoms with E-state index in [1.165, 1.54) is 16.3 Å². The van der Waals surface area contributed by atoms with E-state index in [4.69, 9.17) is 4.74 Å². The lowest BCUT2D eigenvalue weighted by Crippen LogP contribution is -1.88. The van der Waals surface area contributed by atoms with Crippen molar-refractivity contribution in [3.8, 4) is 5.75 Å². The minimum absolute atomic E-state index is 0.881. The van der Waals surface area contributed by atoms with Crippen LogP contribution in [0.15, 0.2) is 36.7 Å². The normalized spacial score (nSPS) is 11.1. The summed E-state index contributed by atoms with van der Waals surface area (Å²) < 4.78 is 7.38. The van der Waals surface area contributed by atoms with Gasteiger partial charge in [0.1, 0.15) is 5.75 Å². The van der Waals surface area contributed by atoms with E-state index in [1.54, 1.807) is 7.11 Å². The molecule has 0 bridgehead atoms. The molecule has 2 aromatic heterocycles. The number of pyridine rings is 1. The number of aromatic nitrogens is 2. The molecular formula is C13H12N2O. The molecule has 0 aliphatic heterocycles. The Morgan fingerprint density at radius 1 is 1.12 bits per heavy atom. The van der Waals surface area contributed by atoms with Crippen LogP contribution in [0.2, 0.25) is 0 Å². The topological polar surface area (TPSA) is 27.1 Å². The molecule has 0 saturated heterocycles. The second-order valence-electron chi connectivity index (χ2n) is 3.83. The fourth-order valence-corrected chi connectivity index (χ4v) is 2.15. The zero-order valence-electron chi connectivity index (χ0n) is 9.27. The van der Waals surface area contributed by atoms with Crippen LogP contribution < -0.4 is 4.74 Å². The molecule has 0 spiro atoms.